The maximum atomic E-state index is 12.3. The molecule has 7 heteroatoms. The van der Waals surface area contributed by atoms with Gasteiger partial charge < -0.3 is 10.6 Å². The Labute approximate surface area is 170 Å². The summed E-state index contributed by atoms with van der Waals surface area (Å²) in [6, 6.07) is 16.2. The van der Waals surface area contributed by atoms with Crippen LogP contribution in [0.4, 0.5) is 10.5 Å². The predicted octanol–water partition coefficient (Wildman–Crippen LogP) is 2.92. The SMILES string of the molecule is C[C@H](c1cccc(NC(=O)c2ccccc2)c1)N(C)CC(=O)NC(=O)NC1CC1. The van der Waals surface area contributed by atoms with Crippen molar-refractivity contribution in [2.75, 3.05) is 18.9 Å². The number of rotatable bonds is 7. The van der Waals surface area contributed by atoms with E-state index in [2.05, 4.69) is 16.0 Å². The molecule has 3 N–H and O–H groups in total. The van der Waals surface area contributed by atoms with Gasteiger partial charge in [-0.05, 0) is 56.6 Å². The largest absolute Gasteiger partial charge is 0.335 e. The van der Waals surface area contributed by atoms with Gasteiger partial charge in [-0.25, -0.2) is 4.79 Å². The number of nitrogens with one attached hydrogen (secondary N) is 3. The molecule has 3 rings (SSSR count). The zero-order valence-corrected chi connectivity index (χ0v) is 16.6. The Bertz CT molecular complexity index is 881. The third kappa shape index (κ3) is 6.15. The quantitative estimate of drug-likeness (QED) is 0.673. The number of benzene rings is 2. The summed E-state index contributed by atoms with van der Waals surface area (Å²) in [5.41, 5.74) is 2.22. The number of carbonyl (C=O) groups is 3. The van der Waals surface area contributed by atoms with Crippen molar-refractivity contribution < 1.29 is 14.4 Å². The minimum atomic E-state index is -0.441. The van der Waals surface area contributed by atoms with E-state index in [9.17, 15) is 14.4 Å². The summed E-state index contributed by atoms with van der Waals surface area (Å²) in [6.45, 7) is 2.05. The zero-order valence-electron chi connectivity index (χ0n) is 16.6. The lowest BCUT2D eigenvalue weighted by Gasteiger charge is -2.24. The Balaban J connectivity index is 1.56. The third-order valence-corrected chi connectivity index (χ3v) is 4.88. The lowest BCUT2D eigenvalue weighted by atomic mass is 10.1. The summed E-state index contributed by atoms with van der Waals surface area (Å²) < 4.78 is 0. The summed E-state index contributed by atoms with van der Waals surface area (Å²) in [7, 11) is 1.82. The fourth-order valence-electron chi connectivity index (χ4n) is 2.90. The molecule has 152 valence electrons. The first-order valence-electron chi connectivity index (χ1n) is 9.69. The minimum Gasteiger partial charge on any atom is -0.335 e. The summed E-state index contributed by atoms with van der Waals surface area (Å²) in [5.74, 6) is -0.532. The van der Waals surface area contributed by atoms with Gasteiger partial charge in [-0.1, -0.05) is 30.3 Å². The number of anilines is 1. The third-order valence-electron chi connectivity index (χ3n) is 4.88. The molecule has 0 spiro atoms. The highest BCUT2D eigenvalue weighted by atomic mass is 16.2. The summed E-state index contributed by atoms with van der Waals surface area (Å²) in [5, 5.41) is 7.98. The second-order valence-electron chi connectivity index (χ2n) is 7.33. The zero-order chi connectivity index (χ0) is 20.8. The second kappa shape index (κ2) is 9.34. The maximum absolute atomic E-state index is 12.3. The Morgan fingerprint density at radius 1 is 1.07 bits per heavy atom. The van der Waals surface area contributed by atoms with Crippen molar-refractivity contribution in [3.05, 3.63) is 65.7 Å². The van der Waals surface area contributed by atoms with E-state index < -0.39 is 6.03 Å². The monoisotopic (exact) mass is 394 g/mol. The highest BCUT2D eigenvalue weighted by Crippen LogP contribution is 2.22. The molecule has 0 heterocycles. The molecule has 2 aromatic rings. The van der Waals surface area contributed by atoms with Crippen LogP contribution in [0.25, 0.3) is 0 Å². The van der Waals surface area contributed by atoms with Gasteiger partial charge in [0.25, 0.3) is 5.91 Å². The molecule has 0 aliphatic heterocycles. The minimum absolute atomic E-state index is 0.0826. The molecule has 1 fully saturated rings. The molecule has 2 aromatic carbocycles. The average molecular weight is 394 g/mol. The highest BCUT2D eigenvalue weighted by molar-refractivity contribution is 6.04. The van der Waals surface area contributed by atoms with Crippen molar-refractivity contribution in [3.8, 4) is 0 Å². The van der Waals surface area contributed by atoms with Crippen LogP contribution in [0.5, 0.6) is 0 Å². The number of likely N-dealkylation sites (N-methyl/N-ethyl adjacent to an activating group) is 1. The number of amides is 4. The van der Waals surface area contributed by atoms with Crippen LogP contribution < -0.4 is 16.0 Å². The van der Waals surface area contributed by atoms with Gasteiger partial charge >= 0.3 is 6.03 Å². The molecule has 29 heavy (non-hydrogen) atoms. The van der Waals surface area contributed by atoms with Crippen LogP contribution in [0.3, 0.4) is 0 Å². The molecular weight excluding hydrogens is 368 g/mol. The molecule has 1 saturated carbocycles. The van der Waals surface area contributed by atoms with Gasteiger partial charge in [0.2, 0.25) is 5.91 Å². The lowest BCUT2D eigenvalue weighted by molar-refractivity contribution is -0.121. The van der Waals surface area contributed by atoms with Crippen LogP contribution >= 0.6 is 0 Å². The number of hydrogen-bond donors (Lipinski definition) is 3. The van der Waals surface area contributed by atoms with Crippen molar-refractivity contribution in [2.24, 2.45) is 0 Å². The number of carbonyl (C=O) groups excluding carboxylic acids is 3. The number of hydrogen-bond acceptors (Lipinski definition) is 4. The molecule has 1 aliphatic rings. The predicted molar refractivity (Wildman–Crippen MR) is 112 cm³/mol. The van der Waals surface area contributed by atoms with Crippen LogP contribution in [0.15, 0.2) is 54.6 Å². The normalized spacial score (nSPS) is 14.2. The van der Waals surface area contributed by atoms with Gasteiger partial charge in [-0.2, -0.15) is 0 Å². The van der Waals surface area contributed by atoms with Crippen LogP contribution in [0.2, 0.25) is 0 Å². The van der Waals surface area contributed by atoms with E-state index in [1.54, 1.807) is 12.1 Å². The summed E-state index contributed by atoms with van der Waals surface area (Å²) in [6.07, 6.45) is 1.94. The number of nitrogens with zero attached hydrogens (tertiary/aromatic N) is 1. The van der Waals surface area contributed by atoms with E-state index in [0.717, 1.165) is 18.4 Å². The molecule has 7 nitrogen and oxygen atoms in total. The van der Waals surface area contributed by atoms with Crippen molar-refractivity contribution in [2.45, 2.75) is 31.8 Å². The standard InChI is InChI=1S/C22H26N4O3/c1-15(26(2)14-20(27)25-22(29)24-18-11-12-18)17-9-6-10-19(13-17)23-21(28)16-7-4-3-5-8-16/h3-10,13,15,18H,11-12,14H2,1-2H3,(H,23,28)(H2,24,25,27,29)/t15-/m1/s1. The smallest absolute Gasteiger partial charge is 0.321 e. The van der Waals surface area contributed by atoms with Gasteiger partial charge in [0.15, 0.2) is 0 Å². The number of urea groups is 1. The van der Waals surface area contributed by atoms with Crippen molar-refractivity contribution in [1.29, 1.82) is 0 Å². The Kier molecular flexibility index (Phi) is 6.61. The number of imide groups is 1. The van der Waals surface area contributed by atoms with E-state index in [1.165, 1.54) is 0 Å². The molecule has 0 aromatic heterocycles. The molecule has 0 saturated heterocycles. The summed E-state index contributed by atoms with van der Waals surface area (Å²) in [4.78, 5) is 38.0. The topological polar surface area (TPSA) is 90.5 Å². The van der Waals surface area contributed by atoms with Gasteiger partial charge in [-0.15, -0.1) is 0 Å². The molecule has 0 radical (unpaired) electrons. The molecule has 4 amide bonds. The first-order valence-corrected chi connectivity index (χ1v) is 9.69. The fraction of sp³-hybridized carbons (Fsp3) is 0.318. The van der Waals surface area contributed by atoms with E-state index in [-0.39, 0.29) is 30.4 Å². The van der Waals surface area contributed by atoms with Crippen molar-refractivity contribution >= 4 is 23.5 Å². The fourth-order valence-corrected chi connectivity index (χ4v) is 2.90. The van der Waals surface area contributed by atoms with E-state index >= 15 is 0 Å². The maximum Gasteiger partial charge on any atom is 0.321 e. The Morgan fingerprint density at radius 3 is 2.48 bits per heavy atom. The Morgan fingerprint density at radius 2 is 1.79 bits per heavy atom. The molecule has 1 aliphatic carbocycles. The first kappa shape index (κ1) is 20.5. The molecule has 0 bridgehead atoms. The van der Waals surface area contributed by atoms with Crippen LogP contribution in [-0.4, -0.2) is 42.4 Å². The van der Waals surface area contributed by atoms with E-state index in [0.29, 0.717) is 11.3 Å². The van der Waals surface area contributed by atoms with Crippen LogP contribution in [0, 0.1) is 0 Å². The van der Waals surface area contributed by atoms with Gasteiger partial charge in [0, 0.05) is 23.3 Å². The van der Waals surface area contributed by atoms with Crippen LogP contribution in [0.1, 0.15) is 41.7 Å². The van der Waals surface area contributed by atoms with E-state index in [4.69, 9.17) is 0 Å². The molecule has 1 atom stereocenters. The Hall–Kier alpha value is -3.19. The highest BCUT2D eigenvalue weighted by Gasteiger charge is 2.24. The van der Waals surface area contributed by atoms with Gasteiger partial charge in [0.1, 0.15) is 0 Å². The van der Waals surface area contributed by atoms with Crippen molar-refractivity contribution in [1.82, 2.24) is 15.5 Å². The van der Waals surface area contributed by atoms with Gasteiger partial charge in [-0.3, -0.25) is 19.8 Å². The van der Waals surface area contributed by atoms with Gasteiger partial charge in [0.05, 0.1) is 6.54 Å². The molecular formula is C22H26N4O3. The van der Waals surface area contributed by atoms with Crippen LogP contribution in [-0.2, 0) is 4.79 Å². The first-order chi connectivity index (χ1) is 13.9. The second-order valence-corrected chi connectivity index (χ2v) is 7.33. The molecule has 0 unspecified atom stereocenters. The summed E-state index contributed by atoms with van der Waals surface area (Å²) >= 11 is 0. The lowest BCUT2D eigenvalue weighted by Crippen LogP contribution is -2.44. The van der Waals surface area contributed by atoms with E-state index in [1.807, 2.05) is 61.3 Å². The average Bonchev–Trinajstić information content (AvgIpc) is 3.51. The van der Waals surface area contributed by atoms with Crippen molar-refractivity contribution in [3.63, 3.8) is 0 Å².